The van der Waals surface area contributed by atoms with Gasteiger partial charge in [-0.15, -0.1) is 0 Å². The molecular weight excluding hydrogens is 420 g/mol. The summed E-state index contributed by atoms with van der Waals surface area (Å²) in [6, 6.07) is 18.4. The number of carbonyl (C=O) groups excluding carboxylic acids is 1. The number of nitro benzene ring substituents is 1. The molecule has 0 atom stereocenters. The Bertz CT molecular complexity index is 1370. The van der Waals surface area contributed by atoms with E-state index in [2.05, 4.69) is 4.99 Å². The summed E-state index contributed by atoms with van der Waals surface area (Å²) in [5.41, 5.74) is 3.47. The molecule has 0 radical (unpaired) electrons. The number of carbonyl (C=O) groups is 1. The van der Waals surface area contributed by atoms with Gasteiger partial charge < -0.3 is 9.15 Å². The van der Waals surface area contributed by atoms with Gasteiger partial charge in [-0.05, 0) is 55.7 Å². The van der Waals surface area contributed by atoms with Gasteiger partial charge in [-0.2, -0.15) is 0 Å². The molecule has 4 aromatic rings. The second kappa shape index (κ2) is 8.70. The smallest absolute Gasteiger partial charge is 0.343 e. The molecule has 0 fully saturated rings. The Kier molecular flexibility index (Phi) is 5.44. The van der Waals surface area contributed by atoms with Crippen molar-refractivity contribution in [2.45, 2.75) is 25.7 Å². The van der Waals surface area contributed by atoms with E-state index < -0.39 is 10.9 Å². The van der Waals surface area contributed by atoms with Crippen LogP contribution in [0, 0.1) is 10.1 Å². The summed E-state index contributed by atoms with van der Waals surface area (Å²) in [6.45, 7) is 0. The third kappa shape index (κ3) is 4.13. The fourth-order valence-corrected chi connectivity index (χ4v) is 4.11. The van der Waals surface area contributed by atoms with Gasteiger partial charge in [-0.1, -0.05) is 18.2 Å². The maximum atomic E-state index is 12.8. The van der Waals surface area contributed by atoms with E-state index >= 15 is 0 Å². The zero-order valence-corrected chi connectivity index (χ0v) is 17.7. The minimum atomic E-state index is -0.601. The Morgan fingerprint density at radius 2 is 1.76 bits per heavy atom. The number of esters is 1. The average molecular weight is 440 g/mol. The molecule has 7 nitrogen and oxygen atoms in total. The predicted octanol–water partition coefficient (Wildman–Crippen LogP) is 6.19. The first-order valence-electron chi connectivity index (χ1n) is 10.7. The molecule has 0 spiro atoms. The van der Waals surface area contributed by atoms with Crippen LogP contribution in [0.3, 0.4) is 0 Å². The number of rotatable bonds is 5. The molecule has 164 valence electrons. The summed E-state index contributed by atoms with van der Waals surface area (Å²) in [4.78, 5) is 27.8. The second-order valence-electron chi connectivity index (χ2n) is 7.85. The van der Waals surface area contributed by atoms with Crippen molar-refractivity contribution in [3.05, 3.63) is 99.3 Å². The van der Waals surface area contributed by atoms with E-state index in [9.17, 15) is 14.9 Å². The van der Waals surface area contributed by atoms with Crippen LogP contribution in [0.5, 0.6) is 5.75 Å². The summed E-state index contributed by atoms with van der Waals surface area (Å²) in [7, 11) is 0. The maximum absolute atomic E-state index is 12.8. The number of hydrogen-bond acceptors (Lipinski definition) is 6. The van der Waals surface area contributed by atoms with Crippen molar-refractivity contribution in [2.75, 3.05) is 0 Å². The second-order valence-corrected chi connectivity index (χ2v) is 7.85. The van der Waals surface area contributed by atoms with Crippen molar-refractivity contribution in [1.29, 1.82) is 0 Å². The van der Waals surface area contributed by atoms with Gasteiger partial charge >= 0.3 is 5.97 Å². The first-order valence-corrected chi connectivity index (χ1v) is 10.7. The van der Waals surface area contributed by atoms with Crippen molar-refractivity contribution in [2.24, 2.45) is 4.99 Å². The molecule has 1 heterocycles. The number of aryl methyl sites for hydroxylation is 2. The lowest BCUT2D eigenvalue weighted by molar-refractivity contribution is -0.384. The number of nitrogens with zero attached hydrogens (tertiary/aromatic N) is 2. The van der Waals surface area contributed by atoms with Crippen molar-refractivity contribution in [1.82, 2.24) is 0 Å². The topological polar surface area (TPSA) is 94.9 Å². The number of aliphatic imine (C=N–C) groups is 1. The van der Waals surface area contributed by atoms with E-state index in [4.69, 9.17) is 9.15 Å². The van der Waals surface area contributed by atoms with Crippen LogP contribution in [-0.2, 0) is 12.8 Å². The average Bonchev–Trinajstić information content (AvgIpc) is 3.23. The Morgan fingerprint density at radius 3 is 2.52 bits per heavy atom. The molecular formula is C26H20N2O5. The molecule has 1 aliphatic rings. The lowest BCUT2D eigenvalue weighted by atomic mass is 9.94. The highest BCUT2D eigenvalue weighted by Crippen LogP contribution is 2.37. The first kappa shape index (κ1) is 20.6. The molecule has 7 heteroatoms. The molecule has 3 aromatic carbocycles. The summed E-state index contributed by atoms with van der Waals surface area (Å²) < 4.78 is 11.8. The molecule has 0 bridgehead atoms. The van der Waals surface area contributed by atoms with E-state index in [-0.39, 0.29) is 11.3 Å². The Morgan fingerprint density at radius 1 is 1.00 bits per heavy atom. The van der Waals surface area contributed by atoms with Crippen LogP contribution in [0.25, 0.3) is 11.0 Å². The van der Waals surface area contributed by atoms with Gasteiger partial charge in [-0.3, -0.25) is 15.1 Å². The molecule has 1 aliphatic carbocycles. The van der Waals surface area contributed by atoms with Crippen molar-refractivity contribution < 1.29 is 18.9 Å². The van der Waals surface area contributed by atoms with Crippen molar-refractivity contribution in [3.8, 4) is 5.75 Å². The van der Waals surface area contributed by atoms with E-state index in [1.807, 2.05) is 36.4 Å². The van der Waals surface area contributed by atoms with Gasteiger partial charge in [0.25, 0.3) is 5.69 Å². The quantitative estimate of drug-likeness (QED) is 0.121. The summed E-state index contributed by atoms with van der Waals surface area (Å²) in [6.07, 6.45) is 5.65. The van der Waals surface area contributed by atoms with Gasteiger partial charge in [0, 0.05) is 41.3 Å². The standard InChI is InChI=1S/C26H20N2O5/c29-26(17-10-12-19(13-11-17)28(30)31)33-23-14-15-24-25(20-8-4-5-9-22(20)32-24)21(23)16-27-18-6-2-1-3-7-18/h1-3,6-7,10-16H,4-5,8-9H2. The van der Waals surface area contributed by atoms with E-state index in [0.717, 1.165) is 53.7 Å². The number of hydrogen-bond donors (Lipinski definition) is 0. The number of nitro groups is 1. The van der Waals surface area contributed by atoms with Crippen LogP contribution in [0.2, 0.25) is 0 Å². The zero-order chi connectivity index (χ0) is 22.8. The third-order valence-corrected chi connectivity index (χ3v) is 5.73. The highest BCUT2D eigenvalue weighted by atomic mass is 16.6. The Balaban J connectivity index is 1.56. The van der Waals surface area contributed by atoms with Crippen LogP contribution in [0.4, 0.5) is 11.4 Å². The molecule has 0 saturated heterocycles. The normalized spacial score (nSPS) is 13.2. The zero-order valence-electron chi connectivity index (χ0n) is 17.7. The molecule has 0 amide bonds. The molecule has 1 aromatic heterocycles. The monoisotopic (exact) mass is 440 g/mol. The van der Waals surface area contributed by atoms with Crippen LogP contribution < -0.4 is 4.74 Å². The summed E-state index contributed by atoms with van der Waals surface area (Å²) >= 11 is 0. The van der Waals surface area contributed by atoms with Crippen LogP contribution in [0.15, 0.2) is 76.1 Å². The Labute approximate surface area is 189 Å². The van der Waals surface area contributed by atoms with Gasteiger partial charge in [0.05, 0.1) is 16.2 Å². The molecule has 0 aliphatic heterocycles. The molecule has 5 rings (SSSR count). The highest BCUT2D eigenvalue weighted by Gasteiger charge is 2.23. The van der Waals surface area contributed by atoms with Crippen LogP contribution >= 0.6 is 0 Å². The largest absolute Gasteiger partial charge is 0.461 e. The lowest BCUT2D eigenvalue weighted by Crippen LogP contribution is -2.10. The summed E-state index contributed by atoms with van der Waals surface area (Å²) in [5.74, 6) is 0.736. The number of para-hydroxylation sites is 1. The minimum Gasteiger partial charge on any atom is -0.461 e. The maximum Gasteiger partial charge on any atom is 0.343 e. The van der Waals surface area contributed by atoms with E-state index in [0.29, 0.717) is 11.3 Å². The van der Waals surface area contributed by atoms with Crippen LogP contribution in [0.1, 0.15) is 40.1 Å². The Hall–Kier alpha value is -4.26. The fraction of sp³-hybridized carbons (Fsp3) is 0.154. The van der Waals surface area contributed by atoms with Gasteiger partial charge in [0.1, 0.15) is 17.1 Å². The van der Waals surface area contributed by atoms with E-state index in [1.54, 1.807) is 12.3 Å². The SMILES string of the molecule is O=C(Oc1ccc2oc3c(c2c1C=Nc1ccccc1)CCCC3)c1ccc([N+](=O)[O-])cc1. The predicted molar refractivity (Wildman–Crippen MR) is 125 cm³/mol. The lowest BCUT2D eigenvalue weighted by Gasteiger charge is -2.12. The number of fused-ring (bicyclic) bond motifs is 3. The van der Waals surface area contributed by atoms with E-state index in [1.165, 1.54) is 24.3 Å². The molecule has 0 saturated carbocycles. The van der Waals surface area contributed by atoms with Crippen molar-refractivity contribution in [3.63, 3.8) is 0 Å². The molecule has 0 unspecified atom stereocenters. The minimum absolute atomic E-state index is 0.0892. The van der Waals surface area contributed by atoms with Gasteiger partial charge in [-0.25, -0.2) is 4.79 Å². The number of benzene rings is 3. The van der Waals surface area contributed by atoms with Gasteiger partial charge in [0.15, 0.2) is 0 Å². The van der Waals surface area contributed by atoms with Gasteiger partial charge in [0.2, 0.25) is 0 Å². The van der Waals surface area contributed by atoms with Crippen molar-refractivity contribution >= 4 is 34.5 Å². The highest BCUT2D eigenvalue weighted by molar-refractivity contribution is 6.05. The first-order chi connectivity index (χ1) is 16.1. The number of ether oxygens (including phenoxy) is 1. The molecule has 0 N–H and O–H groups in total. The fourth-order valence-electron chi connectivity index (χ4n) is 4.11. The summed E-state index contributed by atoms with van der Waals surface area (Å²) in [5, 5.41) is 11.8. The third-order valence-electron chi connectivity index (χ3n) is 5.73. The molecule has 33 heavy (non-hydrogen) atoms. The number of furan rings is 1. The number of non-ortho nitro benzene ring substituents is 1. The van der Waals surface area contributed by atoms with Crippen LogP contribution in [-0.4, -0.2) is 17.1 Å².